The van der Waals surface area contributed by atoms with Crippen LogP contribution in [0.5, 0.6) is 0 Å². The van der Waals surface area contributed by atoms with Crippen LogP contribution in [0, 0.1) is 17.3 Å². The van der Waals surface area contributed by atoms with Gasteiger partial charge >= 0.3 is 0 Å². The van der Waals surface area contributed by atoms with E-state index in [1.54, 1.807) is 6.20 Å². The molecule has 2 aliphatic rings. The van der Waals surface area contributed by atoms with Crippen molar-refractivity contribution >= 4 is 10.9 Å². The molecule has 122 valence electrons. The standard InChI is InChI=1S/C21H17N3O/c25-20-17-8-6-15(5-7-16-4-1-2-11-22-16)12-18(17)23-19-13-21(9-3-10-21)14-24(19)20/h1-2,4,6,8,11-12H,3,9-10,13-14H2. The molecule has 1 aliphatic carbocycles. The Hall–Kier alpha value is -2.93. The molecule has 0 amide bonds. The molecular weight excluding hydrogens is 310 g/mol. The van der Waals surface area contributed by atoms with Crippen molar-refractivity contribution in [3.05, 3.63) is 70.0 Å². The highest BCUT2D eigenvalue weighted by Crippen LogP contribution is 2.47. The van der Waals surface area contributed by atoms with Gasteiger partial charge in [-0.1, -0.05) is 18.4 Å². The minimum atomic E-state index is 0.0908. The van der Waals surface area contributed by atoms with E-state index in [9.17, 15) is 4.79 Å². The van der Waals surface area contributed by atoms with Gasteiger partial charge in [-0.25, -0.2) is 9.97 Å². The van der Waals surface area contributed by atoms with Crippen molar-refractivity contribution in [3.8, 4) is 11.8 Å². The molecule has 0 unspecified atom stereocenters. The Labute approximate surface area is 145 Å². The van der Waals surface area contributed by atoms with Crippen LogP contribution in [0.25, 0.3) is 10.9 Å². The van der Waals surface area contributed by atoms with Crippen molar-refractivity contribution in [2.75, 3.05) is 0 Å². The SMILES string of the molecule is O=c1c2ccc(C#Cc3ccccn3)cc2nc2n1CC1(CCC1)C2. The van der Waals surface area contributed by atoms with Crippen molar-refractivity contribution in [1.82, 2.24) is 14.5 Å². The predicted molar refractivity (Wildman–Crippen MR) is 96.2 cm³/mol. The van der Waals surface area contributed by atoms with Crippen LogP contribution in [0.1, 0.15) is 36.3 Å². The molecule has 4 nitrogen and oxygen atoms in total. The van der Waals surface area contributed by atoms with Gasteiger partial charge in [-0.05, 0) is 54.5 Å². The van der Waals surface area contributed by atoms with Crippen molar-refractivity contribution in [3.63, 3.8) is 0 Å². The maximum Gasteiger partial charge on any atom is 0.261 e. The van der Waals surface area contributed by atoms with E-state index in [1.165, 1.54) is 19.3 Å². The van der Waals surface area contributed by atoms with Gasteiger partial charge in [-0.2, -0.15) is 0 Å². The van der Waals surface area contributed by atoms with E-state index in [4.69, 9.17) is 4.98 Å². The number of nitrogens with zero attached hydrogens (tertiary/aromatic N) is 3. The van der Waals surface area contributed by atoms with Gasteiger partial charge in [0.05, 0.1) is 10.9 Å². The molecule has 1 spiro atoms. The summed E-state index contributed by atoms with van der Waals surface area (Å²) in [5.41, 5.74) is 2.73. The number of pyridine rings is 1. The Bertz CT molecular complexity index is 1100. The summed E-state index contributed by atoms with van der Waals surface area (Å²) in [6.07, 6.45) is 6.36. The summed E-state index contributed by atoms with van der Waals surface area (Å²) in [6.45, 7) is 0.839. The van der Waals surface area contributed by atoms with Crippen LogP contribution in [0.2, 0.25) is 0 Å². The second kappa shape index (κ2) is 5.29. The van der Waals surface area contributed by atoms with Crippen LogP contribution in [0.15, 0.2) is 47.4 Å². The lowest BCUT2D eigenvalue weighted by atomic mass is 9.68. The van der Waals surface area contributed by atoms with Crippen LogP contribution in [0.3, 0.4) is 0 Å². The number of hydrogen-bond donors (Lipinski definition) is 0. The number of aromatic nitrogens is 3. The van der Waals surface area contributed by atoms with Gasteiger partial charge in [0, 0.05) is 24.7 Å². The second-order valence-electron chi connectivity index (χ2n) is 7.15. The molecule has 0 atom stereocenters. The number of hydrogen-bond acceptors (Lipinski definition) is 3. The maximum absolute atomic E-state index is 12.8. The van der Waals surface area contributed by atoms with Crippen LogP contribution >= 0.6 is 0 Å². The summed E-state index contributed by atoms with van der Waals surface area (Å²) in [5.74, 6) is 7.11. The summed E-state index contributed by atoms with van der Waals surface area (Å²) in [6, 6.07) is 11.3. The largest absolute Gasteiger partial charge is 0.296 e. The zero-order valence-corrected chi connectivity index (χ0v) is 13.8. The third-order valence-electron chi connectivity index (χ3n) is 5.48. The fourth-order valence-corrected chi connectivity index (χ4v) is 3.95. The molecule has 1 aromatic carbocycles. The summed E-state index contributed by atoms with van der Waals surface area (Å²) in [7, 11) is 0. The molecule has 2 aromatic heterocycles. The van der Waals surface area contributed by atoms with Crippen molar-refractivity contribution in [2.45, 2.75) is 32.2 Å². The molecule has 1 saturated carbocycles. The maximum atomic E-state index is 12.8. The summed E-state index contributed by atoms with van der Waals surface area (Å²) < 4.78 is 1.89. The van der Waals surface area contributed by atoms with Crippen molar-refractivity contribution in [1.29, 1.82) is 0 Å². The first-order valence-electron chi connectivity index (χ1n) is 8.69. The van der Waals surface area contributed by atoms with Gasteiger partial charge < -0.3 is 0 Å². The number of benzene rings is 1. The Morgan fingerprint density at radius 1 is 1.12 bits per heavy atom. The molecule has 0 N–H and O–H groups in total. The zero-order valence-electron chi connectivity index (χ0n) is 13.8. The van der Waals surface area contributed by atoms with Gasteiger partial charge in [0.25, 0.3) is 5.56 Å². The van der Waals surface area contributed by atoms with E-state index >= 15 is 0 Å². The first-order valence-corrected chi connectivity index (χ1v) is 8.69. The smallest absolute Gasteiger partial charge is 0.261 e. The highest BCUT2D eigenvalue weighted by molar-refractivity contribution is 5.79. The van der Waals surface area contributed by atoms with Gasteiger partial charge in [-0.3, -0.25) is 9.36 Å². The lowest BCUT2D eigenvalue weighted by Crippen LogP contribution is -2.32. The van der Waals surface area contributed by atoms with Gasteiger partial charge in [0.1, 0.15) is 11.5 Å². The summed E-state index contributed by atoms with van der Waals surface area (Å²) in [4.78, 5) is 21.8. The Morgan fingerprint density at radius 3 is 2.80 bits per heavy atom. The quantitative estimate of drug-likeness (QED) is 0.597. The Balaban J connectivity index is 1.57. The zero-order chi connectivity index (χ0) is 16.9. The van der Waals surface area contributed by atoms with Crippen molar-refractivity contribution in [2.24, 2.45) is 5.41 Å². The van der Waals surface area contributed by atoms with Crippen LogP contribution in [-0.4, -0.2) is 14.5 Å². The molecule has 3 heterocycles. The van der Waals surface area contributed by atoms with E-state index < -0.39 is 0 Å². The van der Waals surface area contributed by atoms with E-state index in [1.807, 2.05) is 41.0 Å². The molecule has 0 bridgehead atoms. The summed E-state index contributed by atoms with van der Waals surface area (Å²) in [5, 5.41) is 0.684. The average Bonchev–Trinajstić information content (AvgIpc) is 3.01. The Kier molecular flexibility index (Phi) is 3.05. The molecule has 1 aliphatic heterocycles. The highest BCUT2D eigenvalue weighted by atomic mass is 16.1. The third kappa shape index (κ3) is 2.35. The van der Waals surface area contributed by atoms with Crippen LogP contribution < -0.4 is 5.56 Å². The lowest BCUT2D eigenvalue weighted by Gasteiger charge is -2.37. The average molecular weight is 327 g/mol. The summed E-state index contributed by atoms with van der Waals surface area (Å²) >= 11 is 0. The molecule has 0 radical (unpaired) electrons. The second-order valence-corrected chi connectivity index (χ2v) is 7.15. The lowest BCUT2D eigenvalue weighted by molar-refractivity contribution is 0.133. The first kappa shape index (κ1) is 14.4. The third-order valence-corrected chi connectivity index (χ3v) is 5.48. The van der Waals surface area contributed by atoms with Crippen LogP contribution in [-0.2, 0) is 13.0 Å². The van der Waals surface area contributed by atoms with Gasteiger partial charge in [0.2, 0.25) is 0 Å². The molecule has 0 saturated heterocycles. The molecule has 25 heavy (non-hydrogen) atoms. The molecular formula is C21H17N3O. The molecule has 1 fully saturated rings. The first-order chi connectivity index (χ1) is 12.2. The number of rotatable bonds is 0. The fraction of sp³-hybridized carbons (Fsp3) is 0.286. The van der Waals surface area contributed by atoms with E-state index in [0.717, 1.165) is 35.6 Å². The number of fused-ring (bicyclic) bond motifs is 2. The van der Waals surface area contributed by atoms with Gasteiger partial charge in [-0.15, -0.1) is 0 Å². The Morgan fingerprint density at radius 2 is 2.04 bits per heavy atom. The molecule has 4 heteroatoms. The van der Waals surface area contributed by atoms with E-state index in [-0.39, 0.29) is 5.56 Å². The monoisotopic (exact) mass is 327 g/mol. The normalized spacial score (nSPS) is 17.0. The topological polar surface area (TPSA) is 47.8 Å². The van der Waals surface area contributed by atoms with Crippen LogP contribution in [0.4, 0.5) is 0 Å². The highest BCUT2D eigenvalue weighted by Gasteiger charge is 2.43. The molecule has 5 rings (SSSR count). The minimum absolute atomic E-state index is 0.0908. The van der Waals surface area contributed by atoms with E-state index in [2.05, 4.69) is 16.8 Å². The van der Waals surface area contributed by atoms with Crippen molar-refractivity contribution < 1.29 is 0 Å². The minimum Gasteiger partial charge on any atom is -0.296 e. The molecule has 3 aromatic rings. The van der Waals surface area contributed by atoms with Gasteiger partial charge in [0.15, 0.2) is 0 Å². The van der Waals surface area contributed by atoms with E-state index in [0.29, 0.717) is 10.8 Å². The predicted octanol–water partition coefficient (Wildman–Crippen LogP) is 2.92. The fourth-order valence-electron chi connectivity index (χ4n) is 3.95.